The second kappa shape index (κ2) is 5.19. The molecule has 0 radical (unpaired) electrons. The number of pyridine rings is 1. The fourth-order valence-electron chi connectivity index (χ4n) is 1.74. The molecule has 1 amide bonds. The molecule has 92 valence electrons. The maximum Gasteiger partial charge on any atom is 0.255 e. The van der Waals surface area contributed by atoms with E-state index in [1.165, 1.54) is 6.20 Å². The number of nitrogens with zero attached hydrogens (tertiary/aromatic N) is 1. The maximum absolute atomic E-state index is 12.1. The lowest BCUT2D eigenvalue weighted by molar-refractivity contribution is 0.102. The summed E-state index contributed by atoms with van der Waals surface area (Å²) < 4.78 is 0. The molecule has 2 rings (SSSR count). The third kappa shape index (κ3) is 2.68. The van der Waals surface area contributed by atoms with E-state index in [1.807, 2.05) is 32.0 Å². The minimum absolute atomic E-state index is 0.184. The first kappa shape index (κ1) is 12.6. The average molecular weight is 261 g/mol. The number of para-hydroxylation sites is 1. The van der Waals surface area contributed by atoms with E-state index in [0.717, 1.165) is 16.8 Å². The van der Waals surface area contributed by atoms with Crippen LogP contribution in [0.15, 0.2) is 36.5 Å². The molecule has 0 aliphatic heterocycles. The molecule has 0 atom stereocenters. The molecule has 0 aliphatic carbocycles. The zero-order chi connectivity index (χ0) is 13.1. The molecule has 0 bridgehead atoms. The minimum Gasteiger partial charge on any atom is -0.322 e. The van der Waals surface area contributed by atoms with Crippen LogP contribution in [0.4, 0.5) is 5.69 Å². The van der Waals surface area contributed by atoms with E-state index in [-0.39, 0.29) is 5.91 Å². The van der Waals surface area contributed by atoms with Gasteiger partial charge in [0.1, 0.15) is 5.15 Å². The average Bonchev–Trinajstić information content (AvgIpc) is 2.34. The van der Waals surface area contributed by atoms with E-state index >= 15 is 0 Å². The Hall–Kier alpha value is -1.87. The fourth-order valence-corrected chi connectivity index (χ4v) is 1.91. The van der Waals surface area contributed by atoms with Crippen LogP contribution in [0.1, 0.15) is 21.5 Å². The lowest BCUT2D eigenvalue weighted by Crippen LogP contribution is -2.13. The smallest absolute Gasteiger partial charge is 0.255 e. The zero-order valence-corrected chi connectivity index (χ0v) is 11.0. The molecule has 0 spiro atoms. The highest BCUT2D eigenvalue weighted by molar-refractivity contribution is 6.29. The van der Waals surface area contributed by atoms with Crippen LogP contribution in [0.25, 0.3) is 0 Å². The summed E-state index contributed by atoms with van der Waals surface area (Å²) in [6.45, 7) is 3.92. The molecule has 1 N–H and O–H groups in total. The SMILES string of the molecule is Cc1cccc(C)c1NC(=O)c1ccnc(Cl)c1. The van der Waals surface area contributed by atoms with Gasteiger partial charge < -0.3 is 5.32 Å². The summed E-state index contributed by atoms with van der Waals surface area (Å²) in [4.78, 5) is 15.9. The predicted molar refractivity (Wildman–Crippen MR) is 73.1 cm³/mol. The first-order valence-electron chi connectivity index (χ1n) is 5.57. The number of hydrogen-bond donors (Lipinski definition) is 1. The number of amides is 1. The molecule has 4 heteroatoms. The van der Waals surface area contributed by atoms with Gasteiger partial charge in [-0.3, -0.25) is 4.79 Å². The summed E-state index contributed by atoms with van der Waals surface area (Å²) in [5.41, 5.74) is 3.40. The van der Waals surface area contributed by atoms with Crippen LogP contribution in [0.5, 0.6) is 0 Å². The van der Waals surface area contributed by atoms with Crippen molar-refractivity contribution in [3.8, 4) is 0 Å². The van der Waals surface area contributed by atoms with Gasteiger partial charge in [-0.2, -0.15) is 0 Å². The van der Waals surface area contributed by atoms with Crippen LogP contribution in [-0.4, -0.2) is 10.9 Å². The van der Waals surface area contributed by atoms with E-state index in [2.05, 4.69) is 10.3 Å². The molecule has 0 fully saturated rings. The number of halogens is 1. The van der Waals surface area contributed by atoms with Gasteiger partial charge in [0.25, 0.3) is 5.91 Å². The van der Waals surface area contributed by atoms with Crippen molar-refractivity contribution in [2.45, 2.75) is 13.8 Å². The van der Waals surface area contributed by atoms with Gasteiger partial charge in [-0.1, -0.05) is 29.8 Å². The zero-order valence-electron chi connectivity index (χ0n) is 10.2. The Bertz CT molecular complexity index is 576. The van der Waals surface area contributed by atoms with Crippen molar-refractivity contribution >= 4 is 23.2 Å². The molecule has 1 aromatic heterocycles. The van der Waals surface area contributed by atoms with E-state index in [4.69, 9.17) is 11.6 Å². The topological polar surface area (TPSA) is 42.0 Å². The van der Waals surface area contributed by atoms with Crippen molar-refractivity contribution in [2.75, 3.05) is 5.32 Å². The van der Waals surface area contributed by atoms with Crippen LogP contribution < -0.4 is 5.32 Å². The molecule has 0 unspecified atom stereocenters. The fraction of sp³-hybridized carbons (Fsp3) is 0.143. The highest BCUT2D eigenvalue weighted by Crippen LogP contribution is 2.20. The number of aryl methyl sites for hydroxylation is 2. The van der Waals surface area contributed by atoms with Crippen molar-refractivity contribution in [1.82, 2.24) is 4.98 Å². The van der Waals surface area contributed by atoms with Gasteiger partial charge in [0, 0.05) is 17.4 Å². The van der Waals surface area contributed by atoms with Crippen LogP contribution in [0.3, 0.4) is 0 Å². The summed E-state index contributed by atoms with van der Waals surface area (Å²) in [6.07, 6.45) is 1.52. The van der Waals surface area contributed by atoms with Crippen molar-refractivity contribution in [3.05, 3.63) is 58.4 Å². The molecule has 18 heavy (non-hydrogen) atoms. The summed E-state index contributed by atoms with van der Waals surface area (Å²) in [7, 11) is 0. The van der Waals surface area contributed by atoms with Crippen LogP contribution in [-0.2, 0) is 0 Å². The van der Waals surface area contributed by atoms with Crippen LogP contribution in [0.2, 0.25) is 5.15 Å². The van der Waals surface area contributed by atoms with Gasteiger partial charge in [0.15, 0.2) is 0 Å². The standard InChI is InChI=1S/C14H13ClN2O/c1-9-4-3-5-10(2)13(9)17-14(18)11-6-7-16-12(15)8-11/h3-8H,1-2H3,(H,17,18). The van der Waals surface area contributed by atoms with E-state index in [9.17, 15) is 4.79 Å². The highest BCUT2D eigenvalue weighted by Gasteiger charge is 2.09. The Kier molecular flexibility index (Phi) is 3.63. The van der Waals surface area contributed by atoms with Gasteiger partial charge in [0.05, 0.1) is 0 Å². The van der Waals surface area contributed by atoms with E-state index in [1.54, 1.807) is 12.1 Å². The number of rotatable bonds is 2. The van der Waals surface area contributed by atoms with Gasteiger partial charge in [0.2, 0.25) is 0 Å². The largest absolute Gasteiger partial charge is 0.322 e. The van der Waals surface area contributed by atoms with Crippen molar-refractivity contribution in [2.24, 2.45) is 0 Å². The molecular formula is C14H13ClN2O. The van der Waals surface area contributed by atoms with Gasteiger partial charge in [-0.25, -0.2) is 4.98 Å². The first-order chi connectivity index (χ1) is 8.58. The number of nitrogens with one attached hydrogen (secondary N) is 1. The van der Waals surface area contributed by atoms with Crippen molar-refractivity contribution < 1.29 is 4.79 Å². The second-order valence-corrected chi connectivity index (χ2v) is 4.48. The maximum atomic E-state index is 12.1. The molecular weight excluding hydrogens is 248 g/mol. The van der Waals surface area contributed by atoms with E-state index in [0.29, 0.717) is 10.7 Å². The summed E-state index contributed by atoms with van der Waals surface area (Å²) in [5, 5.41) is 3.21. The number of benzene rings is 1. The normalized spacial score (nSPS) is 10.2. The quantitative estimate of drug-likeness (QED) is 0.839. The summed E-state index contributed by atoms with van der Waals surface area (Å²) >= 11 is 5.76. The number of carbonyl (C=O) groups excluding carboxylic acids is 1. The second-order valence-electron chi connectivity index (χ2n) is 4.09. The number of anilines is 1. The van der Waals surface area contributed by atoms with Gasteiger partial charge in [-0.05, 0) is 37.1 Å². The predicted octanol–water partition coefficient (Wildman–Crippen LogP) is 3.60. The Morgan fingerprint density at radius 3 is 2.50 bits per heavy atom. The Balaban J connectivity index is 2.27. The monoisotopic (exact) mass is 260 g/mol. The van der Waals surface area contributed by atoms with Gasteiger partial charge in [-0.15, -0.1) is 0 Å². The van der Waals surface area contributed by atoms with Gasteiger partial charge >= 0.3 is 0 Å². The Morgan fingerprint density at radius 2 is 1.89 bits per heavy atom. The lowest BCUT2D eigenvalue weighted by Gasteiger charge is -2.11. The first-order valence-corrected chi connectivity index (χ1v) is 5.95. The Morgan fingerprint density at radius 1 is 1.22 bits per heavy atom. The lowest BCUT2D eigenvalue weighted by atomic mass is 10.1. The number of aromatic nitrogens is 1. The summed E-state index contributed by atoms with van der Waals surface area (Å²) in [6, 6.07) is 9.06. The van der Waals surface area contributed by atoms with Crippen LogP contribution in [0, 0.1) is 13.8 Å². The third-order valence-electron chi connectivity index (χ3n) is 2.71. The summed E-state index contributed by atoms with van der Waals surface area (Å²) in [5.74, 6) is -0.184. The number of hydrogen-bond acceptors (Lipinski definition) is 2. The molecule has 0 saturated heterocycles. The third-order valence-corrected chi connectivity index (χ3v) is 2.92. The van der Waals surface area contributed by atoms with Crippen molar-refractivity contribution in [3.63, 3.8) is 0 Å². The van der Waals surface area contributed by atoms with Crippen LogP contribution >= 0.6 is 11.6 Å². The molecule has 3 nitrogen and oxygen atoms in total. The van der Waals surface area contributed by atoms with E-state index < -0.39 is 0 Å². The number of carbonyl (C=O) groups is 1. The molecule has 1 aromatic carbocycles. The minimum atomic E-state index is -0.184. The van der Waals surface area contributed by atoms with Crippen molar-refractivity contribution in [1.29, 1.82) is 0 Å². The molecule has 1 heterocycles. The Labute approximate surface area is 111 Å². The highest BCUT2D eigenvalue weighted by atomic mass is 35.5. The molecule has 2 aromatic rings. The molecule has 0 aliphatic rings. The molecule has 0 saturated carbocycles.